The van der Waals surface area contributed by atoms with Gasteiger partial charge in [-0.1, -0.05) is 5.21 Å². The number of hydrogen-bond donors (Lipinski definition) is 0. The van der Waals surface area contributed by atoms with Gasteiger partial charge in [0.1, 0.15) is 17.2 Å². The minimum Gasteiger partial charge on any atom is -0.465 e. The molecule has 3 heterocycles. The predicted molar refractivity (Wildman–Crippen MR) is 84.9 cm³/mol. The minimum absolute atomic E-state index is 0.155. The maximum atomic E-state index is 5.74. The number of aryl methyl sites for hydroxylation is 1. The van der Waals surface area contributed by atoms with E-state index in [2.05, 4.69) is 26.0 Å². The molecular weight excluding hydrogens is 292 g/mol. The van der Waals surface area contributed by atoms with Crippen molar-refractivity contribution in [2.24, 2.45) is 5.92 Å². The molecule has 0 bridgehead atoms. The molecule has 2 aromatic rings. The average Bonchev–Trinajstić information content (AvgIpc) is 3.12. The molecule has 6 heteroatoms. The Balaban J connectivity index is 1.56. The van der Waals surface area contributed by atoms with Gasteiger partial charge >= 0.3 is 0 Å². The SMILES string of the molecule is COCC1c2nnn(CC3CC3)c2CCN1Cc1ccc(C)o1. The summed E-state index contributed by atoms with van der Waals surface area (Å²) in [5.41, 5.74) is 2.38. The van der Waals surface area contributed by atoms with Crippen LogP contribution in [0.3, 0.4) is 0 Å². The van der Waals surface area contributed by atoms with Crippen LogP contribution in [0.5, 0.6) is 0 Å². The maximum absolute atomic E-state index is 5.74. The second-order valence-electron chi connectivity index (χ2n) is 6.75. The Morgan fingerprint density at radius 1 is 1.35 bits per heavy atom. The molecule has 2 aliphatic rings. The number of hydrogen-bond acceptors (Lipinski definition) is 5. The van der Waals surface area contributed by atoms with Crippen LogP contribution in [-0.4, -0.2) is 40.2 Å². The van der Waals surface area contributed by atoms with E-state index < -0.39 is 0 Å². The molecule has 0 aromatic carbocycles. The summed E-state index contributed by atoms with van der Waals surface area (Å²) in [4.78, 5) is 2.39. The largest absolute Gasteiger partial charge is 0.465 e. The Hall–Kier alpha value is -1.66. The van der Waals surface area contributed by atoms with Crippen molar-refractivity contribution in [1.29, 1.82) is 0 Å². The van der Waals surface area contributed by atoms with Gasteiger partial charge < -0.3 is 9.15 Å². The first-order valence-corrected chi connectivity index (χ1v) is 8.45. The minimum atomic E-state index is 0.155. The summed E-state index contributed by atoms with van der Waals surface area (Å²) in [7, 11) is 1.75. The zero-order valence-corrected chi connectivity index (χ0v) is 13.9. The molecule has 1 aliphatic carbocycles. The van der Waals surface area contributed by atoms with Gasteiger partial charge in [0.2, 0.25) is 0 Å². The highest BCUT2D eigenvalue weighted by Crippen LogP contribution is 2.34. The van der Waals surface area contributed by atoms with Crippen molar-refractivity contribution in [3.63, 3.8) is 0 Å². The van der Waals surface area contributed by atoms with E-state index in [1.165, 1.54) is 18.5 Å². The second-order valence-corrected chi connectivity index (χ2v) is 6.75. The molecule has 0 N–H and O–H groups in total. The van der Waals surface area contributed by atoms with E-state index in [4.69, 9.17) is 9.15 Å². The normalized spacial score (nSPS) is 21.6. The number of aromatic nitrogens is 3. The van der Waals surface area contributed by atoms with Crippen LogP contribution in [0.25, 0.3) is 0 Å². The van der Waals surface area contributed by atoms with Crippen molar-refractivity contribution in [2.75, 3.05) is 20.3 Å². The first-order chi connectivity index (χ1) is 11.2. The molecule has 124 valence electrons. The van der Waals surface area contributed by atoms with E-state index in [0.29, 0.717) is 6.61 Å². The monoisotopic (exact) mass is 316 g/mol. The molecule has 6 nitrogen and oxygen atoms in total. The van der Waals surface area contributed by atoms with Crippen LogP contribution in [0.15, 0.2) is 16.5 Å². The summed E-state index contributed by atoms with van der Waals surface area (Å²) >= 11 is 0. The fourth-order valence-electron chi connectivity index (χ4n) is 3.43. The predicted octanol–water partition coefficient (Wildman–Crippen LogP) is 2.34. The van der Waals surface area contributed by atoms with Crippen LogP contribution in [0.1, 0.15) is 41.8 Å². The quantitative estimate of drug-likeness (QED) is 0.819. The third-order valence-corrected chi connectivity index (χ3v) is 4.87. The van der Waals surface area contributed by atoms with Gasteiger partial charge in [-0.25, -0.2) is 4.68 Å². The van der Waals surface area contributed by atoms with Crippen LogP contribution < -0.4 is 0 Å². The van der Waals surface area contributed by atoms with Crippen LogP contribution in [0.2, 0.25) is 0 Å². The van der Waals surface area contributed by atoms with E-state index in [1.54, 1.807) is 7.11 Å². The topological polar surface area (TPSA) is 56.3 Å². The molecule has 1 fully saturated rings. The van der Waals surface area contributed by atoms with Crippen LogP contribution in [-0.2, 0) is 24.2 Å². The number of rotatable bonds is 6. The lowest BCUT2D eigenvalue weighted by Gasteiger charge is -2.33. The molecule has 1 unspecified atom stereocenters. The zero-order valence-electron chi connectivity index (χ0n) is 13.9. The molecule has 1 saturated carbocycles. The molecule has 1 atom stereocenters. The summed E-state index contributed by atoms with van der Waals surface area (Å²) in [6.45, 7) is 5.41. The van der Waals surface area contributed by atoms with E-state index >= 15 is 0 Å². The Morgan fingerprint density at radius 3 is 2.91 bits per heavy atom. The first-order valence-electron chi connectivity index (χ1n) is 8.45. The third kappa shape index (κ3) is 3.05. The molecule has 1 aliphatic heterocycles. The van der Waals surface area contributed by atoms with Crippen LogP contribution >= 0.6 is 0 Å². The number of fused-ring (bicyclic) bond motifs is 1. The molecule has 2 aromatic heterocycles. The number of furan rings is 1. The van der Waals surface area contributed by atoms with Gasteiger partial charge in [-0.3, -0.25) is 4.90 Å². The zero-order chi connectivity index (χ0) is 15.8. The highest BCUT2D eigenvalue weighted by atomic mass is 16.5. The van der Waals surface area contributed by atoms with Crippen LogP contribution in [0, 0.1) is 12.8 Å². The van der Waals surface area contributed by atoms with E-state index in [9.17, 15) is 0 Å². The summed E-state index contributed by atoms with van der Waals surface area (Å²) in [5.74, 6) is 2.76. The fourth-order valence-corrected chi connectivity index (χ4v) is 3.43. The van der Waals surface area contributed by atoms with Crippen molar-refractivity contribution in [2.45, 2.75) is 45.3 Å². The van der Waals surface area contributed by atoms with Crippen LogP contribution in [0.4, 0.5) is 0 Å². The van der Waals surface area contributed by atoms with Gasteiger partial charge in [0.15, 0.2) is 0 Å². The van der Waals surface area contributed by atoms with Gasteiger partial charge in [-0.05, 0) is 37.8 Å². The van der Waals surface area contributed by atoms with Crippen molar-refractivity contribution >= 4 is 0 Å². The van der Waals surface area contributed by atoms with Gasteiger partial charge in [0.05, 0.1) is 24.9 Å². The summed E-state index contributed by atoms with van der Waals surface area (Å²) in [6, 6.07) is 4.22. The number of methoxy groups -OCH3 is 1. The van der Waals surface area contributed by atoms with E-state index in [-0.39, 0.29) is 6.04 Å². The Bertz CT molecular complexity index is 674. The molecule has 0 radical (unpaired) electrons. The van der Waals surface area contributed by atoms with Gasteiger partial charge in [0, 0.05) is 26.6 Å². The Kier molecular flexibility index (Phi) is 3.95. The summed E-state index contributed by atoms with van der Waals surface area (Å²) in [6.07, 6.45) is 3.66. The standard InChI is InChI=1S/C17H24N4O2/c1-12-3-6-14(23-12)10-20-8-7-15-17(16(20)11-22-2)18-19-21(15)9-13-4-5-13/h3,6,13,16H,4-5,7-11H2,1-2H3. The number of nitrogens with zero attached hydrogens (tertiary/aromatic N) is 4. The second kappa shape index (κ2) is 6.09. The molecule has 0 spiro atoms. The lowest BCUT2D eigenvalue weighted by molar-refractivity contribution is 0.0702. The fraction of sp³-hybridized carbons (Fsp3) is 0.647. The number of ether oxygens (including phenoxy) is 1. The lowest BCUT2D eigenvalue weighted by atomic mass is 10.0. The average molecular weight is 316 g/mol. The van der Waals surface area contributed by atoms with Crippen molar-refractivity contribution < 1.29 is 9.15 Å². The molecule has 23 heavy (non-hydrogen) atoms. The first kappa shape index (κ1) is 14.9. The lowest BCUT2D eigenvalue weighted by Crippen LogP contribution is -2.38. The van der Waals surface area contributed by atoms with Gasteiger partial charge in [-0.2, -0.15) is 0 Å². The van der Waals surface area contributed by atoms with E-state index in [1.807, 2.05) is 13.0 Å². The van der Waals surface area contributed by atoms with Crippen molar-refractivity contribution in [1.82, 2.24) is 19.9 Å². The molecule has 4 rings (SSSR count). The maximum Gasteiger partial charge on any atom is 0.118 e. The summed E-state index contributed by atoms with van der Waals surface area (Å²) in [5, 5.41) is 8.91. The smallest absolute Gasteiger partial charge is 0.118 e. The van der Waals surface area contributed by atoms with Crippen molar-refractivity contribution in [3.05, 3.63) is 35.0 Å². The van der Waals surface area contributed by atoms with Crippen molar-refractivity contribution in [3.8, 4) is 0 Å². The highest BCUT2D eigenvalue weighted by molar-refractivity contribution is 5.20. The Labute approximate surface area is 136 Å². The Morgan fingerprint density at radius 2 is 2.22 bits per heavy atom. The third-order valence-electron chi connectivity index (χ3n) is 4.87. The molecular formula is C17H24N4O2. The van der Waals surface area contributed by atoms with E-state index in [0.717, 1.165) is 49.2 Å². The van der Waals surface area contributed by atoms with Gasteiger partial charge in [-0.15, -0.1) is 5.10 Å². The molecule has 0 saturated heterocycles. The summed E-state index contributed by atoms with van der Waals surface area (Å²) < 4.78 is 13.3. The van der Waals surface area contributed by atoms with Gasteiger partial charge in [0.25, 0.3) is 0 Å². The highest BCUT2D eigenvalue weighted by Gasteiger charge is 2.33. The molecule has 0 amide bonds.